The molecule has 0 bridgehead atoms. The van der Waals surface area contributed by atoms with Crippen LogP contribution in [0.25, 0.3) is 11.0 Å². The SMILES string of the molecule is Cn1c(CCCNC(=O)CCNS(C)(=O)=O)nc2ccccc21. The van der Waals surface area contributed by atoms with Crippen molar-refractivity contribution in [2.45, 2.75) is 19.3 Å². The zero-order valence-electron chi connectivity index (χ0n) is 13.4. The van der Waals surface area contributed by atoms with Crippen LogP contribution in [0, 0.1) is 0 Å². The molecule has 2 N–H and O–H groups in total. The molecule has 0 saturated heterocycles. The molecule has 2 aromatic rings. The molecule has 0 radical (unpaired) electrons. The lowest BCUT2D eigenvalue weighted by molar-refractivity contribution is -0.120. The van der Waals surface area contributed by atoms with E-state index in [1.165, 1.54) is 0 Å². The van der Waals surface area contributed by atoms with E-state index in [9.17, 15) is 13.2 Å². The number of hydrogen-bond donors (Lipinski definition) is 2. The van der Waals surface area contributed by atoms with Gasteiger partial charge in [0.2, 0.25) is 15.9 Å². The van der Waals surface area contributed by atoms with Crippen molar-refractivity contribution in [1.82, 2.24) is 19.6 Å². The van der Waals surface area contributed by atoms with Crippen molar-refractivity contribution < 1.29 is 13.2 Å². The highest BCUT2D eigenvalue weighted by Crippen LogP contribution is 2.14. The fourth-order valence-electron chi connectivity index (χ4n) is 2.33. The Morgan fingerprint density at radius 1 is 1.26 bits per heavy atom. The molecule has 8 heteroatoms. The summed E-state index contributed by atoms with van der Waals surface area (Å²) < 4.78 is 26.1. The van der Waals surface area contributed by atoms with Gasteiger partial charge in [0, 0.05) is 33.0 Å². The lowest BCUT2D eigenvalue weighted by Crippen LogP contribution is -2.30. The van der Waals surface area contributed by atoms with Crippen LogP contribution in [0.15, 0.2) is 24.3 Å². The first-order valence-electron chi connectivity index (χ1n) is 7.48. The Kier molecular flexibility index (Phi) is 5.73. The largest absolute Gasteiger partial charge is 0.356 e. The average molecular weight is 338 g/mol. The van der Waals surface area contributed by atoms with Gasteiger partial charge in [0.25, 0.3) is 0 Å². The number of rotatable bonds is 8. The monoisotopic (exact) mass is 338 g/mol. The number of sulfonamides is 1. The minimum Gasteiger partial charge on any atom is -0.356 e. The summed E-state index contributed by atoms with van der Waals surface area (Å²) in [5, 5.41) is 2.78. The second kappa shape index (κ2) is 7.56. The third-order valence-corrected chi connectivity index (χ3v) is 4.22. The van der Waals surface area contributed by atoms with E-state index in [0.717, 1.165) is 36.0 Å². The molecule has 0 aliphatic rings. The Morgan fingerprint density at radius 2 is 2.00 bits per heavy atom. The maximum atomic E-state index is 11.6. The Labute approximate surface area is 136 Å². The Morgan fingerprint density at radius 3 is 2.70 bits per heavy atom. The molecule has 2 rings (SSSR count). The summed E-state index contributed by atoms with van der Waals surface area (Å²) in [4.78, 5) is 16.2. The van der Waals surface area contributed by atoms with Gasteiger partial charge in [-0.05, 0) is 18.6 Å². The number of hydrogen-bond acceptors (Lipinski definition) is 4. The van der Waals surface area contributed by atoms with Crippen molar-refractivity contribution in [3.8, 4) is 0 Å². The highest BCUT2D eigenvalue weighted by Gasteiger charge is 2.07. The number of amides is 1. The number of para-hydroxylation sites is 2. The van der Waals surface area contributed by atoms with E-state index < -0.39 is 10.0 Å². The van der Waals surface area contributed by atoms with Crippen LogP contribution in [-0.4, -0.2) is 43.2 Å². The summed E-state index contributed by atoms with van der Waals surface area (Å²) in [6.45, 7) is 0.663. The summed E-state index contributed by atoms with van der Waals surface area (Å²) in [5.74, 6) is 0.824. The molecule has 7 nitrogen and oxygen atoms in total. The van der Waals surface area contributed by atoms with Gasteiger partial charge in [-0.15, -0.1) is 0 Å². The Balaban J connectivity index is 1.72. The number of nitrogens with zero attached hydrogens (tertiary/aromatic N) is 2. The van der Waals surface area contributed by atoms with Gasteiger partial charge in [0.05, 0.1) is 17.3 Å². The van der Waals surface area contributed by atoms with Crippen molar-refractivity contribution in [2.24, 2.45) is 7.05 Å². The summed E-state index contributed by atoms with van der Waals surface area (Å²) in [6, 6.07) is 7.96. The predicted octanol–water partition coefficient (Wildman–Crippen LogP) is 0.561. The van der Waals surface area contributed by atoms with Crippen LogP contribution in [0.4, 0.5) is 0 Å². The molecule has 1 aromatic carbocycles. The van der Waals surface area contributed by atoms with E-state index in [1.54, 1.807) is 0 Å². The van der Waals surface area contributed by atoms with Crippen LogP contribution < -0.4 is 10.0 Å². The molecular formula is C15H22N4O3S. The normalized spacial score (nSPS) is 11.7. The van der Waals surface area contributed by atoms with Crippen molar-refractivity contribution in [1.29, 1.82) is 0 Å². The van der Waals surface area contributed by atoms with E-state index in [4.69, 9.17) is 0 Å². The van der Waals surface area contributed by atoms with Crippen LogP contribution >= 0.6 is 0 Å². The van der Waals surface area contributed by atoms with Crippen LogP contribution in [0.2, 0.25) is 0 Å². The van der Waals surface area contributed by atoms with Gasteiger partial charge in [-0.3, -0.25) is 4.79 Å². The summed E-state index contributed by atoms with van der Waals surface area (Å²) in [5.41, 5.74) is 2.07. The fraction of sp³-hybridized carbons (Fsp3) is 0.467. The van der Waals surface area contributed by atoms with E-state index in [2.05, 4.69) is 19.6 Å². The number of carbonyl (C=O) groups excluding carboxylic acids is 1. The molecule has 1 amide bonds. The standard InChI is InChI=1S/C15H22N4O3S/c1-19-13-7-4-3-6-12(13)18-14(19)8-5-10-16-15(20)9-11-17-23(2,21)22/h3-4,6-7,17H,5,8-11H2,1-2H3,(H,16,20). The molecule has 0 unspecified atom stereocenters. The number of carbonyl (C=O) groups is 1. The summed E-state index contributed by atoms with van der Waals surface area (Å²) >= 11 is 0. The molecule has 0 spiro atoms. The minimum absolute atomic E-state index is 0.120. The first kappa shape index (κ1) is 17.4. The second-order valence-electron chi connectivity index (χ2n) is 5.45. The van der Waals surface area contributed by atoms with Crippen LogP contribution in [0.5, 0.6) is 0 Å². The quantitative estimate of drug-likeness (QED) is 0.688. The molecular weight excluding hydrogens is 316 g/mol. The Bertz CT molecular complexity index is 783. The molecule has 0 atom stereocenters. The van der Waals surface area contributed by atoms with Crippen molar-refractivity contribution in [3.05, 3.63) is 30.1 Å². The molecule has 0 fully saturated rings. The molecule has 1 heterocycles. The van der Waals surface area contributed by atoms with Crippen molar-refractivity contribution >= 4 is 27.0 Å². The molecule has 0 aliphatic heterocycles. The van der Waals surface area contributed by atoms with Crippen LogP contribution in [-0.2, 0) is 28.3 Å². The van der Waals surface area contributed by atoms with Gasteiger partial charge in [0.1, 0.15) is 5.82 Å². The van der Waals surface area contributed by atoms with Gasteiger partial charge in [-0.2, -0.15) is 0 Å². The van der Waals surface area contributed by atoms with Gasteiger partial charge < -0.3 is 9.88 Å². The Hall–Kier alpha value is -1.93. The van der Waals surface area contributed by atoms with E-state index in [-0.39, 0.29) is 18.9 Å². The molecule has 1 aromatic heterocycles. The number of nitrogens with one attached hydrogen (secondary N) is 2. The number of imidazole rings is 1. The third kappa shape index (κ3) is 5.33. The second-order valence-corrected chi connectivity index (χ2v) is 7.28. The number of fused-ring (bicyclic) bond motifs is 1. The van der Waals surface area contributed by atoms with Crippen LogP contribution in [0.3, 0.4) is 0 Å². The first-order chi connectivity index (χ1) is 10.9. The lowest BCUT2D eigenvalue weighted by atomic mass is 10.3. The highest BCUT2D eigenvalue weighted by molar-refractivity contribution is 7.88. The lowest BCUT2D eigenvalue weighted by Gasteiger charge is -2.06. The molecule has 0 saturated carbocycles. The minimum atomic E-state index is -3.24. The van der Waals surface area contributed by atoms with Crippen molar-refractivity contribution in [2.75, 3.05) is 19.3 Å². The zero-order valence-corrected chi connectivity index (χ0v) is 14.2. The predicted molar refractivity (Wildman–Crippen MR) is 89.5 cm³/mol. The molecule has 0 aliphatic carbocycles. The third-order valence-electron chi connectivity index (χ3n) is 3.50. The number of aromatic nitrogens is 2. The summed E-state index contributed by atoms with van der Waals surface area (Å²) in [7, 11) is -1.25. The van der Waals surface area contributed by atoms with Gasteiger partial charge in [-0.25, -0.2) is 18.1 Å². The summed E-state index contributed by atoms with van der Waals surface area (Å²) in [6.07, 6.45) is 2.76. The van der Waals surface area contributed by atoms with Gasteiger partial charge >= 0.3 is 0 Å². The molecule has 126 valence electrons. The van der Waals surface area contributed by atoms with Gasteiger partial charge in [-0.1, -0.05) is 12.1 Å². The first-order valence-corrected chi connectivity index (χ1v) is 9.37. The van der Waals surface area contributed by atoms with E-state index >= 15 is 0 Å². The van der Waals surface area contributed by atoms with Gasteiger partial charge in [0.15, 0.2) is 0 Å². The topological polar surface area (TPSA) is 93.1 Å². The van der Waals surface area contributed by atoms with Crippen LogP contribution in [0.1, 0.15) is 18.7 Å². The number of benzene rings is 1. The smallest absolute Gasteiger partial charge is 0.221 e. The van der Waals surface area contributed by atoms with E-state index in [1.807, 2.05) is 31.3 Å². The zero-order chi connectivity index (χ0) is 16.9. The average Bonchev–Trinajstić information content (AvgIpc) is 2.79. The highest BCUT2D eigenvalue weighted by atomic mass is 32.2. The maximum Gasteiger partial charge on any atom is 0.221 e. The number of aryl methyl sites for hydroxylation is 2. The molecule has 23 heavy (non-hydrogen) atoms. The van der Waals surface area contributed by atoms with Crippen molar-refractivity contribution in [3.63, 3.8) is 0 Å². The maximum absolute atomic E-state index is 11.6. The fourth-order valence-corrected chi connectivity index (χ4v) is 2.80. The van der Waals surface area contributed by atoms with E-state index in [0.29, 0.717) is 6.54 Å².